The largest absolute Gasteiger partial charge is 0.299 e. The Hall–Kier alpha value is -0.860. The van der Waals surface area contributed by atoms with Crippen molar-refractivity contribution in [3.63, 3.8) is 0 Å². The van der Waals surface area contributed by atoms with Crippen molar-refractivity contribution in [3.8, 4) is 0 Å². The molecule has 2 heteroatoms. The molecule has 0 saturated carbocycles. The molecule has 0 aliphatic rings. The van der Waals surface area contributed by atoms with E-state index in [9.17, 15) is 0 Å². The van der Waals surface area contributed by atoms with E-state index in [0.29, 0.717) is 6.04 Å². The second-order valence-corrected chi connectivity index (χ2v) is 3.50. The van der Waals surface area contributed by atoms with Gasteiger partial charge in [0.05, 0.1) is 6.61 Å². The number of hydrogen-bond donors (Lipinski definition) is 0. The monoisotopic (exact) mass is 193 g/mol. The highest BCUT2D eigenvalue weighted by Gasteiger charge is 2.09. The van der Waals surface area contributed by atoms with Crippen LogP contribution in [0.2, 0.25) is 0 Å². The number of hydroxylamine groups is 2. The molecule has 0 radical (unpaired) electrons. The Morgan fingerprint density at radius 2 is 1.93 bits per heavy atom. The molecule has 2 nitrogen and oxygen atoms in total. The summed E-state index contributed by atoms with van der Waals surface area (Å²) in [6, 6.07) is 10.9. The molecule has 0 N–H and O–H groups in total. The number of likely N-dealkylation sites (N-methyl/N-ethyl adjacent to an activating group) is 1. The van der Waals surface area contributed by atoms with Crippen molar-refractivity contribution in [2.24, 2.45) is 0 Å². The maximum absolute atomic E-state index is 5.41. The fourth-order valence-electron chi connectivity index (χ4n) is 1.41. The van der Waals surface area contributed by atoms with Crippen LogP contribution in [0.4, 0.5) is 0 Å². The van der Waals surface area contributed by atoms with Gasteiger partial charge in [-0.3, -0.25) is 4.84 Å². The van der Waals surface area contributed by atoms with Crippen molar-refractivity contribution >= 4 is 0 Å². The molecule has 1 aromatic carbocycles. The molecule has 0 aliphatic heterocycles. The van der Waals surface area contributed by atoms with Crippen LogP contribution in [0.5, 0.6) is 0 Å². The fraction of sp³-hybridized carbons (Fsp3) is 0.500. The summed E-state index contributed by atoms with van der Waals surface area (Å²) >= 11 is 0. The topological polar surface area (TPSA) is 12.5 Å². The molecule has 1 rings (SSSR count). The third-order valence-corrected chi connectivity index (χ3v) is 2.33. The first-order valence-corrected chi connectivity index (χ1v) is 5.13. The summed E-state index contributed by atoms with van der Waals surface area (Å²) in [6.07, 6.45) is 1.03. The molecule has 14 heavy (non-hydrogen) atoms. The molecular weight excluding hydrogens is 174 g/mol. The van der Waals surface area contributed by atoms with Crippen LogP contribution in [0.3, 0.4) is 0 Å². The molecule has 0 amide bonds. The van der Waals surface area contributed by atoms with Crippen molar-refractivity contribution in [2.45, 2.75) is 26.3 Å². The van der Waals surface area contributed by atoms with Gasteiger partial charge in [-0.2, -0.15) is 5.06 Å². The van der Waals surface area contributed by atoms with Crippen molar-refractivity contribution < 1.29 is 4.84 Å². The molecule has 0 spiro atoms. The first-order valence-electron chi connectivity index (χ1n) is 5.13. The van der Waals surface area contributed by atoms with Crippen molar-refractivity contribution in [1.82, 2.24) is 5.06 Å². The first-order chi connectivity index (χ1) is 6.74. The summed E-state index contributed by atoms with van der Waals surface area (Å²) in [5.41, 5.74) is 1.35. The van der Waals surface area contributed by atoms with Gasteiger partial charge in [0.1, 0.15) is 0 Å². The maximum atomic E-state index is 5.41. The van der Waals surface area contributed by atoms with Crippen LogP contribution < -0.4 is 0 Å². The van der Waals surface area contributed by atoms with Gasteiger partial charge in [-0.05, 0) is 25.8 Å². The van der Waals surface area contributed by atoms with E-state index in [2.05, 4.69) is 31.2 Å². The number of rotatable bonds is 5. The molecule has 78 valence electrons. The zero-order chi connectivity index (χ0) is 10.4. The van der Waals surface area contributed by atoms with Crippen molar-refractivity contribution in [2.75, 3.05) is 13.7 Å². The number of hydrogen-bond acceptors (Lipinski definition) is 2. The van der Waals surface area contributed by atoms with Crippen molar-refractivity contribution in [3.05, 3.63) is 35.9 Å². The molecule has 0 aliphatic carbocycles. The van der Waals surface area contributed by atoms with Crippen LogP contribution in [-0.2, 0) is 11.3 Å². The summed E-state index contributed by atoms with van der Waals surface area (Å²) in [6.45, 7) is 4.91. The number of benzene rings is 1. The lowest BCUT2D eigenvalue weighted by atomic mass is 10.1. The predicted octanol–water partition coefficient (Wildman–Crippen LogP) is 2.50. The Labute approximate surface area is 86.4 Å². The van der Waals surface area contributed by atoms with Gasteiger partial charge in [0, 0.05) is 13.1 Å². The predicted molar refractivity (Wildman–Crippen MR) is 59.0 cm³/mol. The van der Waals surface area contributed by atoms with Crippen LogP contribution in [0.25, 0.3) is 0 Å². The zero-order valence-electron chi connectivity index (χ0n) is 9.23. The lowest BCUT2D eigenvalue weighted by molar-refractivity contribution is -0.159. The van der Waals surface area contributed by atoms with Crippen LogP contribution in [0.1, 0.15) is 19.4 Å². The second kappa shape index (κ2) is 5.78. The Morgan fingerprint density at radius 3 is 2.50 bits per heavy atom. The normalized spacial score (nSPS) is 13.1. The van der Waals surface area contributed by atoms with Crippen LogP contribution >= 0.6 is 0 Å². The maximum Gasteiger partial charge on any atom is 0.0656 e. The van der Waals surface area contributed by atoms with Gasteiger partial charge in [0.2, 0.25) is 0 Å². The fourth-order valence-corrected chi connectivity index (χ4v) is 1.41. The minimum Gasteiger partial charge on any atom is -0.299 e. The zero-order valence-corrected chi connectivity index (χ0v) is 9.23. The van der Waals surface area contributed by atoms with Gasteiger partial charge >= 0.3 is 0 Å². The lowest BCUT2D eigenvalue weighted by Crippen LogP contribution is -2.30. The van der Waals surface area contributed by atoms with E-state index in [1.54, 1.807) is 0 Å². The minimum atomic E-state index is 0.414. The summed E-state index contributed by atoms with van der Waals surface area (Å²) < 4.78 is 0. The third kappa shape index (κ3) is 3.48. The summed E-state index contributed by atoms with van der Waals surface area (Å²) in [5.74, 6) is 0. The highest BCUT2D eigenvalue weighted by molar-refractivity contribution is 5.15. The van der Waals surface area contributed by atoms with Crippen LogP contribution in [0.15, 0.2) is 30.3 Å². The Kier molecular flexibility index (Phi) is 4.63. The van der Waals surface area contributed by atoms with Gasteiger partial charge in [-0.15, -0.1) is 0 Å². The van der Waals surface area contributed by atoms with Gasteiger partial charge in [0.15, 0.2) is 0 Å². The van der Waals surface area contributed by atoms with Crippen LogP contribution in [-0.4, -0.2) is 24.8 Å². The van der Waals surface area contributed by atoms with E-state index in [1.165, 1.54) is 5.56 Å². The van der Waals surface area contributed by atoms with E-state index >= 15 is 0 Å². The SMILES string of the molecule is CCON(C)C(C)Cc1ccccc1. The molecule has 0 saturated heterocycles. The molecular formula is C12H19NO. The standard InChI is InChI=1S/C12H19NO/c1-4-14-13(3)11(2)10-12-8-6-5-7-9-12/h5-9,11H,4,10H2,1-3H3. The quantitative estimate of drug-likeness (QED) is 0.666. The highest BCUT2D eigenvalue weighted by atomic mass is 16.7. The van der Waals surface area contributed by atoms with E-state index in [-0.39, 0.29) is 0 Å². The summed E-state index contributed by atoms with van der Waals surface area (Å²) in [5, 5.41) is 1.92. The van der Waals surface area contributed by atoms with Crippen LogP contribution in [0, 0.1) is 0 Å². The average molecular weight is 193 g/mol. The third-order valence-electron chi connectivity index (χ3n) is 2.33. The molecule has 1 atom stereocenters. The van der Waals surface area contributed by atoms with Gasteiger partial charge in [-0.1, -0.05) is 30.3 Å². The molecule has 0 heterocycles. The first kappa shape index (κ1) is 11.2. The van der Waals surface area contributed by atoms with E-state index in [0.717, 1.165) is 13.0 Å². The molecule has 1 unspecified atom stereocenters. The molecule has 0 aromatic heterocycles. The van der Waals surface area contributed by atoms with Crippen molar-refractivity contribution in [1.29, 1.82) is 0 Å². The minimum absolute atomic E-state index is 0.414. The van der Waals surface area contributed by atoms with Gasteiger partial charge < -0.3 is 0 Å². The van der Waals surface area contributed by atoms with E-state index in [4.69, 9.17) is 4.84 Å². The average Bonchev–Trinajstić information content (AvgIpc) is 2.19. The second-order valence-electron chi connectivity index (χ2n) is 3.50. The molecule has 0 bridgehead atoms. The summed E-state index contributed by atoms with van der Waals surface area (Å²) in [7, 11) is 1.98. The Bertz CT molecular complexity index is 248. The van der Waals surface area contributed by atoms with E-state index < -0.39 is 0 Å². The summed E-state index contributed by atoms with van der Waals surface area (Å²) in [4.78, 5) is 5.41. The smallest absolute Gasteiger partial charge is 0.0656 e. The molecule has 0 fully saturated rings. The Morgan fingerprint density at radius 1 is 1.29 bits per heavy atom. The lowest BCUT2D eigenvalue weighted by Gasteiger charge is -2.23. The van der Waals surface area contributed by atoms with Gasteiger partial charge in [0.25, 0.3) is 0 Å². The molecule has 1 aromatic rings. The number of nitrogens with zero attached hydrogens (tertiary/aromatic N) is 1. The highest BCUT2D eigenvalue weighted by Crippen LogP contribution is 2.07. The Balaban J connectivity index is 2.44. The van der Waals surface area contributed by atoms with Gasteiger partial charge in [-0.25, -0.2) is 0 Å². The van der Waals surface area contributed by atoms with E-state index in [1.807, 2.05) is 25.1 Å².